The first-order chi connectivity index (χ1) is 16.2. The molecule has 0 aliphatic carbocycles. The molecule has 3 rings (SSSR count). The maximum atomic E-state index is 13.0. The van der Waals surface area contributed by atoms with Crippen LogP contribution in [0.5, 0.6) is 5.75 Å². The van der Waals surface area contributed by atoms with Crippen molar-refractivity contribution in [1.29, 1.82) is 0 Å². The van der Waals surface area contributed by atoms with Gasteiger partial charge in [-0.15, -0.1) is 0 Å². The topological polar surface area (TPSA) is 125 Å². The van der Waals surface area contributed by atoms with Gasteiger partial charge >= 0.3 is 5.97 Å². The first-order valence-electron chi connectivity index (χ1n) is 10.2. The first kappa shape index (κ1) is 24.9. The summed E-state index contributed by atoms with van der Waals surface area (Å²) in [6, 6.07) is 18.2. The number of nitrogens with one attached hydrogen (secondary N) is 1. The highest BCUT2D eigenvalue weighted by Gasteiger charge is 2.15. The molecular formula is C24H23FN2O6S. The Hall–Kier alpha value is -3.76. The normalized spacial score (nSPS) is 11.0. The molecule has 0 saturated carbocycles. The molecule has 0 bridgehead atoms. The number of carbonyl (C=O) groups is 2. The summed E-state index contributed by atoms with van der Waals surface area (Å²) >= 11 is 0. The van der Waals surface area contributed by atoms with E-state index in [-0.39, 0.29) is 35.2 Å². The zero-order valence-corrected chi connectivity index (χ0v) is 18.9. The molecule has 0 spiro atoms. The average molecular weight is 487 g/mol. The maximum absolute atomic E-state index is 13.0. The van der Waals surface area contributed by atoms with E-state index in [0.717, 1.165) is 11.1 Å². The van der Waals surface area contributed by atoms with Crippen LogP contribution in [0.15, 0.2) is 77.7 Å². The number of carbonyl (C=O) groups excluding carboxylic acids is 2. The standard InChI is InChI=1S/C24H23FN2O6S/c25-19-9-5-18(6-10-19)15-32-22-4-2-1-3-21(22)24(29)33-16-23(28)27-14-13-17-7-11-20(12-8-17)34(26,30)31/h1-12H,13-16H2,(H,27,28)(H2,26,30,31). The second-order valence-corrected chi connectivity index (χ2v) is 8.84. The zero-order chi connectivity index (χ0) is 24.6. The first-order valence-corrected chi connectivity index (χ1v) is 11.8. The van der Waals surface area contributed by atoms with Crippen LogP contribution in [0.4, 0.5) is 4.39 Å². The third-order valence-corrected chi connectivity index (χ3v) is 5.67. The Morgan fingerprint density at radius 1 is 0.912 bits per heavy atom. The third kappa shape index (κ3) is 7.39. The quantitative estimate of drug-likeness (QED) is 0.425. The van der Waals surface area contributed by atoms with Crippen molar-refractivity contribution in [3.05, 3.63) is 95.3 Å². The second kappa shape index (κ2) is 11.4. The predicted molar refractivity (Wildman–Crippen MR) is 122 cm³/mol. The van der Waals surface area contributed by atoms with Crippen molar-refractivity contribution >= 4 is 21.9 Å². The van der Waals surface area contributed by atoms with Gasteiger partial charge in [0, 0.05) is 6.54 Å². The molecule has 1 amide bonds. The molecule has 3 N–H and O–H groups in total. The van der Waals surface area contributed by atoms with Gasteiger partial charge in [-0.2, -0.15) is 0 Å². The second-order valence-electron chi connectivity index (χ2n) is 7.28. The summed E-state index contributed by atoms with van der Waals surface area (Å²) in [4.78, 5) is 24.5. The Kier molecular flexibility index (Phi) is 8.34. The summed E-state index contributed by atoms with van der Waals surface area (Å²) in [6.07, 6.45) is 0.449. The fraction of sp³-hybridized carbons (Fsp3) is 0.167. The maximum Gasteiger partial charge on any atom is 0.342 e. The van der Waals surface area contributed by atoms with Crippen molar-refractivity contribution < 1.29 is 31.9 Å². The Balaban J connectivity index is 1.46. The van der Waals surface area contributed by atoms with E-state index in [4.69, 9.17) is 14.6 Å². The van der Waals surface area contributed by atoms with Crippen LogP contribution in [0.3, 0.4) is 0 Å². The number of esters is 1. The number of nitrogens with two attached hydrogens (primary N) is 1. The Morgan fingerprint density at radius 3 is 2.24 bits per heavy atom. The van der Waals surface area contributed by atoms with Crippen LogP contribution >= 0.6 is 0 Å². The lowest BCUT2D eigenvalue weighted by molar-refractivity contribution is -0.124. The van der Waals surface area contributed by atoms with Crippen molar-refractivity contribution in [1.82, 2.24) is 5.32 Å². The van der Waals surface area contributed by atoms with E-state index in [2.05, 4.69) is 5.32 Å². The molecule has 0 aliphatic heterocycles. The summed E-state index contributed by atoms with van der Waals surface area (Å²) in [5, 5.41) is 7.69. The lowest BCUT2D eigenvalue weighted by Crippen LogP contribution is -2.30. The fourth-order valence-electron chi connectivity index (χ4n) is 2.95. The van der Waals surface area contributed by atoms with Crippen molar-refractivity contribution in [3.63, 3.8) is 0 Å². The van der Waals surface area contributed by atoms with Gasteiger partial charge in [0.05, 0.1) is 4.90 Å². The summed E-state index contributed by atoms with van der Waals surface area (Å²) in [7, 11) is -3.76. The van der Waals surface area contributed by atoms with E-state index in [1.54, 1.807) is 42.5 Å². The van der Waals surface area contributed by atoms with E-state index in [0.29, 0.717) is 6.42 Å². The molecule has 8 nitrogen and oxygen atoms in total. The van der Waals surface area contributed by atoms with Gasteiger partial charge in [-0.25, -0.2) is 22.7 Å². The number of hydrogen-bond acceptors (Lipinski definition) is 6. The van der Waals surface area contributed by atoms with Crippen LogP contribution in [0.1, 0.15) is 21.5 Å². The lowest BCUT2D eigenvalue weighted by Gasteiger charge is -2.11. The molecule has 0 saturated heterocycles. The highest BCUT2D eigenvalue weighted by atomic mass is 32.2. The molecule has 0 atom stereocenters. The number of amides is 1. The molecule has 0 heterocycles. The molecule has 0 fully saturated rings. The molecule has 0 aromatic heterocycles. The number of halogens is 1. The molecule has 0 unspecified atom stereocenters. The number of sulfonamides is 1. The smallest absolute Gasteiger partial charge is 0.342 e. The Morgan fingerprint density at radius 2 is 1.56 bits per heavy atom. The summed E-state index contributed by atoms with van der Waals surface area (Å²) in [6.45, 7) is -0.0821. The van der Waals surface area contributed by atoms with Gasteiger partial charge < -0.3 is 14.8 Å². The fourth-order valence-corrected chi connectivity index (χ4v) is 3.47. The van der Waals surface area contributed by atoms with Crippen molar-refractivity contribution in [2.45, 2.75) is 17.9 Å². The van der Waals surface area contributed by atoms with Crippen LogP contribution in [0.25, 0.3) is 0 Å². The van der Waals surface area contributed by atoms with Crippen LogP contribution in [0.2, 0.25) is 0 Å². The third-order valence-electron chi connectivity index (χ3n) is 4.74. The van der Waals surface area contributed by atoms with Crippen molar-refractivity contribution in [2.75, 3.05) is 13.2 Å². The minimum absolute atomic E-state index is 0.00845. The summed E-state index contributed by atoms with van der Waals surface area (Å²) in [5.74, 6) is -1.28. The minimum Gasteiger partial charge on any atom is -0.488 e. The van der Waals surface area contributed by atoms with Gasteiger partial charge in [-0.3, -0.25) is 4.79 Å². The van der Waals surface area contributed by atoms with E-state index in [1.807, 2.05) is 0 Å². The molecule has 0 radical (unpaired) electrons. The van der Waals surface area contributed by atoms with Crippen molar-refractivity contribution in [3.8, 4) is 5.75 Å². The number of para-hydroxylation sites is 1. The van der Waals surface area contributed by atoms with Gasteiger partial charge in [0.1, 0.15) is 23.7 Å². The van der Waals surface area contributed by atoms with Gasteiger partial charge in [0.2, 0.25) is 10.0 Å². The van der Waals surface area contributed by atoms with E-state index >= 15 is 0 Å². The van der Waals surface area contributed by atoms with Gasteiger partial charge in [0.25, 0.3) is 5.91 Å². The Labute approximate surface area is 196 Å². The summed E-state index contributed by atoms with van der Waals surface area (Å²) in [5.41, 5.74) is 1.69. The van der Waals surface area contributed by atoms with Gasteiger partial charge in [0.15, 0.2) is 6.61 Å². The molecule has 34 heavy (non-hydrogen) atoms. The van der Waals surface area contributed by atoms with Crippen LogP contribution in [-0.2, 0) is 32.6 Å². The largest absolute Gasteiger partial charge is 0.488 e. The van der Waals surface area contributed by atoms with E-state index in [1.165, 1.54) is 30.3 Å². The highest BCUT2D eigenvalue weighted by molar-refractivity contribution is 7.89. The molecule has 3 aromatic rings. The van der Waals surface area contributed by atoms with E-state index in [9.17, 15) is 22.4 Å². The Bertz CT molecular complexity index is 1250. The average Bonchev–Trinajstić information content (AvgIpc) is 2.82. The zero-order valence-electron chi connectivity index (χ0n) is 18.1. The molecule has 0 aliphatic rings. The van der Waals surface area contributed by atoms with Crippen LogP contribution in [0, 0.1) is 5.82 Å². The number of benzene rings is 3. The highest BCUT2D eigenvalue weighted by Crippen LogP contribution is 2.20. The molecular weight excluding hydrogens is 463 g/mol. The monoisotopic (exact) mass is 486 g/mol. The predicted octanol–water partition coefficient (Wildman–Crippen LogP) is 2.57. The lowest BCUT2D eigenvalue weighted by atomic mass is 10.1. The number of ether oxygens (including phenoxy) is 2. The number of rotatable bonds is 10. The van der Waals surface area contributed by atoms with Gasteiger partial charge in [-0.05, 0) is 53.9 Å². The van der Waals surface area contributed by atoms with Crippen LogP contribution in [-0.4, -0.2) is 33.4 Å². The van der Waals surface area contributed by atoms with E-state index < -0.39 is 28.5 Å². The molecule has 10 heteroatoms. The van der Waals surface area contributed by atoms with Crippen molar-refractivity contribution in [2.24, 2.45) is 5.14 Å². The molecule has 3 aromatic carbocycles. The number of hydrogen-bond donors (Lipinski definition) is 2. The summed E-state index contributed by atoms with van der Waals surface area (Å²) < 4.78 is 46.3. The van der Waals surface area contributed by atoms with Gasteiger partial charge in [-0.1, -0.05) is 36.4 Å². The molecule has 178 valence electrons. The minimum atomic E-state index is -3.76. The van der Waals surface area contributed by atoms with Crippen LogP contribution < -0.4 is 15.2 Å². The SMILES string of the molecule is NS(=O)(=O)c1ccc(CCNC(=O)COC(=O)c2ccccc2OCc2ccc(F)cc2)cc1. The number of primary sulfonamides is 1.